The lowest BCUT2D eigenvalue weighted by Crippen LogP contribution is -1.99. The summed E-state index contributed by atoms with van der Waals surface area (Å²) in [6, 6.07) is 34.1. The molecule has 0 fully saturated rings. The molecule has 4 aromatic rings. The van der Waals surface area contributed by atoms with Crippen LogP contribution in [-0.2, 0) is 0 Å². The molecule has 0 radical (unpaired) electrons. The summed E-state index contributed by atoms with van der Waals surface area (Å²) in [5, 5.41) is 9.90. The molecule has 1 N–H and O–H groups in total. The Labute approximate surface area is 195 Å². The lowest BCUT2D eigenvalue weighted by atomic mass is 9.85. The van der Waals surface area contributed by atoms with Crippen LogP contribution in [0.2, 0.25) is 0 Å². The minimum Gasteiger partial charge on any atom is -0.508 e. The summed E-state index contributed by atoms with van der Waals surface area (Å²) in [4.78, 5) is 0. The zero-order valence-electron chi connectivity index (χ0n) is 19.0. The van der Waals surface area contributed by atoms with Gasteiger partial charge in [-0.1, -0.05) is 66.7 Å². The number of rotatable bonds is 8. The lowest BCUT2D eigenvalue weighted by Gasteiger charge is -2.19. The van der Waals surface area contributed by atoms with Crippen molar-refractivity contribution in [3.05, 3.63) is 125 Å². The number of ether oxygens (including phenoxy) is 2. The van der Waals surface area contributed by atoms with Crippen molar-refractivity contribution in [2.75, 3.05) is 13.2 Å². The third-order valence-corrected chi connectivity index (χ3v) is 5.38. The Morgan fingerprint density at radius 3 is 1.27 bits per heavy atom. The summed E-state index contributed by atoms with van der Waals surface area (Å²) in [6.45, 7) is 5.22. The summed E-state index contributed by atoms with van der Waals surface area (Å²) < 4.78 is 11.3. The molecule has 0 aliphatic carbocycles. The molecular weight excluding hydrogens is 408 g/mol. The first-order chi connectivity index (χ1) is 16.2. The van der Waals surface area contributed by atoms with Gasteiger partial charge in [0.15, 0.2) is 0 Å². The molecule has 4 rings (SSSR count). The van der Waals surface area contributed by atoms with Crippen molar-refractivity contribution < 1.29 is 14.6 Å². The summed E-state index contributed by atoms with van der Waals surface area (Å²) >= 11 is 0. The van der Waals surface area contributed by atoms with Gasteiger partial charge in [0.05, 0.1) is 13.2 Å². The Morgan fingerprint density at radius 2 is 0.879 bits per heavy atom. The molecule has 33 heavy (non-hydrogen) atoms. The molecule has 166 valence electrons. The van der Waals surface area contributed by atoms with E-state index in [0.717, 1.165) is 44.9 Å². The molecule has 0 spiro atoms. The van der Waals surface area contributed by atoms with Crippen molar-refractivity contribution in [3.8, 4) is 17.2 Å². The lowest BCUT2D eigenvalue weighted by molar-refractivity contribution is 0.340. The van der Waals surface area contributed by atoms with Gasteiger partial charge in [-0.2, -0.15) is 0 Å². The molecule has 0 aromatic heterocycles. The first-order valence-corrected chi connectivity index (χ1v) is 11.2. The largest absolute Gasteiger partial charge is 0.508 e. The number of aromatic hydroxyl groups is 1. The van der Waals surface area contributed by atoms with Gasteiger partial charge in [0, 0.05) is 0 Å². The van der Waals surface area contributed by atoms with Crippen LogP contribution in [0.5, 0.6) is 17.2 Å². The maximum absolute atomic E-state index is 9.90. The van der Waals surface area contributed by atoms with Crippen molar-refractivity contribution in [2.45, 2.75) is 13.8 Å². The fourth-order valence-corrected chi connectivity index (χ4v) is 3.91. The number of hydrogen-bond donors (Lipinski definition) is 1. The fourth-order valence-electron chi connectivity index (χ4n) is 3.91. The zero-order valence-corrected chi connectivity index (χ0v) is 19.0. The number of phenolic OH excluding ortho intramolecular Hbond substituents is 1. The Hall–Kier alpha value is -3.98. The average Bonchev–Trinajstić information content (AvgIpc) is 2.86. The van der Waals surface area contributed by atoms with Crippen molar-refractivity contribution in [3.63, 3.8) is 0 Å². The molecule has 0 amide bonds. The highest BCUT2D eigenvalue weighted by atomic mass is 16.5. The molecule has 0 heterocycles. The third kappa shape index (κ3) is 5.27. The van der Waals surface area contributed by atoms with Crippen molar-refractivity contribution in [1.29, 1.82) is 0 Å². The summed E-state index contributed by atoms with van der Waals surface area (Å²) in [5.41, 5.74) is 6.46. The molecule has 3 nitrogen and oxygen atoms in total. The second-order valence-electron chi connectivity index (χ2n) is 7.58. The molecule has 0 atom stereocenters. The summed E-state index contributed by atoms with van der Waals surface area (Å²) in [7, 11) is 0. The molecule has 0 aliphatic rings. The van der Waals surface area contributed by atoms with Crippen LogP contribution in [0.25, 0.3) is 11.1 Å². The van der Waals surface area contributed by atoms with Gasteiger partial charge in [0.2, 0.25) is 0 Å². The van der Waals surface area contributed by atoms with Crippen LogP contribution >= 0.6 is 0 Å². The highest BCUT2D eigenvalue weighted by molar-refractivity contribution is 6.04. The van der Waals surface area contributed by atoms with E-state index in [1.54, 1.807) is 12.1 Å². The molecule has 0 saturated carbocycles. The molecule has 0 saturated heterocycles. The molecule has 4 aromatic carbocycles. The van der Waals surface area contributed by atoms with Gasteiger partial charge in [0.25, 0.3) is 0 Å². The molecule has 3 heteroatoms. The van der Waals surface area contributed by atoms with Crippen LogP contribution in [0.3, 0.4) is 0 Å². The van der Waals surface area contributed by atoms with Gasteiger partial charge in [-0.25, -0.2) is 0 Å². The molecule has 0 bridgehead atoms. The number of hydrogen-bond acceptors (Lipinski definition) is 3. The van der Waals surface area contributed by atoms with Gasteiger partial charge in [0.1, 0.15) is 17.2 Å². The standard InChI is InChI=1S/C30H28O3/c1-3-32-27-18-12-24(13-19-27)30(25-14-20-28(21-15-25)33-4-2)29(22-8-6-5-7-9-22)23-10-16-26(31)17-11-23/h5-21,31H,3-4H2,1-2H3. The van der Waals surface area contributed by atoms with Gasteiger partial charge < -0.3 is 14.6 Å². The van der Waals surface area contributed by atoms with E-state index in [1.807, 2.05) is 68.4 Å². The first kappa shape index (κ1) is 22.2. The summed E-state index contributed by atoms with van der Waals surface area (Å²) in [5.74, 6) is 1.94. The van der Waals surface area contributed by atoms with E-state index in [2.05, 4.69) is 36.4 Å². The topological polar surface area (TPSA) is 38.7 Å². The van der Waals surface area contributed by atoms with Crippen LogP contribution in [0.4, 0.5) is 0 Å². The maximum Gasteiger partial charge on any atom is 0.119 e. The van der Waals surface area contributed by atoms with Crippen LogP contribution in [0.15, 0.2) is 103 Å². The minimum atomic E-state index is 0.245. The predicted octanol–water partition coefficient (Wildman–Crippen LogP) is 7.20. The van der Waals surface area contributed by atoms with Crippen molar-refractivity contribution in [2.24, 2.45) is 0 Å². The van der Waals surface area contributed by atoms with E-state index in [0.29, 0.717) is 13.2 Å². The predicted molar refractivity (Wildman–Crippen MR) is 135 cm³/mol. The second kappa shape index (κ2) is 10.6. The normalized spacial score (nSPS) is 10.5. The monoisotopic (exact) mass is 436 g/mol. The summed E-state index contributed by atoms with van der Waals surface area (Å²) in [6.07, 6.45) is 0. The number of benzene rings is 4. The van der Waals surface area contributed by atoms with Crippen LogP contribution in [0, 0.1) is 0 Å². The Balaban J connectivity index is 1.98. The van der Waals surface area contributed by atoms with Gasteiger partial charge >= 0.3 is 0 Å². The first-order valence-electron chi connectivity index (χ1n) is 11.2. The SMILES string of the molecule is CCOc1ccc(C(=C(c2ccccc2)c2ccc(O)cc2)c2ccc(OCC)cc2)cc1. The zero-order chi connectivity index (χ0) is 23.0. The average molecular weight is 437 g/mol. The number of phenols is 1. The highest BCUT2D eigenvalue weighted by Gasteiger charge is 2.16. The van der Waals surface area contributed by atoms with E-state index in [4.69, 9.17) is 9.47 Å². The smallest absolute Gasteiger partial charge is 0.119 e. The van der Waals surface area contributed by atoms with E-state index < -0.39 is 0 Å². The van der Waals surface area contributed by atoms with Gasteiger partial charge in [-0.3, -0.25) is 0 Å². The highest BCUT2D eigenvalue weighted by Crippen LogP contribution is 2.38. The maximum atomic E-state index is 9.90. The van der Waals surface area contributed by atoms with E-state index >= 15 is 0 Å². The van der Waals surface area contributed by atoms with Crippen molar-refractivity contribution in [1.82, 2.24) is 0 Å². The molecule has 0 aliphatic heterocycles. The van der Waals surface area contributed by atoms with Crippen LogP contribution in [0.1, 0.15) is 36.1 Å². The van der Waals surface area contributed by atoms with Crippen molar-refractivity contribution >= 4 is 11.1 Å². The molecular formula is C30H28O3. The quantitative estimate of drug-likeness (QED) is 0.297. The van der Waals surface area contributed by atoms with E-state index in [9.17, 15) is 5.11 Å². The Bertz CT molecular complexity index is 1140. The second-order valence-corrected chi connectivity index (χ2v) is 7.58. The van der Waals surface area contributed by atoms with Crippen LogP contribution in [-0.4, -0.2) is 18.3 Å². The van der Waals surface area contributed by atoms with Gasteiger partial charge in [-0.05, 0) is 83.6 Å². The van der Waals surface area contributed by atoms with Crippen LogP contribution < -0.4 is 9.47 Å². The Kier molecular flexibility index (Phi) is 7.11. The van der Waals surface area contributed by atoms with E-state index in [1.165, 1.54) is 0 Å². The fraction of sp³-hybridized carbons (Fsp3) is 0.133. The van der Waals surface area contributed by atoms with Gasteiger partial charge in [-0.15, -0.1) is 0 Å². The minimum absolute atomic E-state index is 0.245. The third-order valence-electron chi connectivity index (χ3n) is 5.38. The molecule has 0 unspecified atom stereocenters. The van der Waals surface area contributed by atoms with E-state index in [-0.39, 0.29) is 5.75 Å². The Morgan fingerprint density at radius 1 is 0.515 bits per heavy atom.